The third-order valence-corrected chi connectivity index (χ3v) is 3.30. The normalized spacial score (nSPS) is 20.4. The molecule has 0 aromatic carbocycles. The maximum atomic E-state index is 5.66. The van der Waals surface area contributed by atoms with Crippen LogP contribution < -0.4 is 5.73 Å². The Balaban J connectivity index is 2.12. The molecule has 1 aliphatic rings. The van der Waals surface area contributed by atoms with Crippen molar-refractivity contribution in [2.45, 2.75) is 50.9 Å². The SMILES string of the molecule is CC1(c2nnc(CCN)o2)CCCCC1. The molecule has 84 valence electrons. The average Bonchev–Trinajstić information content (AvgIpc) is 2.69. The summed E-state index contributed by atoms with van der Waals surface area (Å²) in [5, 5.41) is 8.19. The number of hydrogen-bond acceptors (Lipinski definition) is 4. The van der Waals surface area contributed by atoms with Crippen molar-refractivity contribution >= 4 is 0 Å². The molecule has 1 aromatic rings. The lowest BCUT2D eigenvalue weighted by atomic mass is 9.76. The van der Waals surface area contributed by atoms with Crippen molar-refractivity contribution in [1.82, 2.24) is 10.2 Å². The van der Waals surface area contributed by atoms with Crippen LogP contribution in [0.1, 0.15) is 50.8 Å². The van der Waals surface area contributed by atoms with Gasteiger partial charge in [0, 0.05) is 18.4 Å². The molecular formula is C11H19N3O. The van der Waals surface area contributed by atoms with Crippen molar-refractivity contribution in [1.29, 1.82) is 0 Å². The first-order valence-corrected chi connectivity index (χ1v) is 5.77. The van der Waals surface area contributed by atoms with Gasteiger partial charge >= 0.3 is 0 Å². The van der Waals surface area contributed by atoms with E-state index in [-0.39, 0.29) is 5.41 Å². The summed E-state index contributed by atoms with van der Waals surface area (Å²) in [6, 6.07) is 0. The van der Waals surface area contributed by atoms with E-state index < -0.39 is 0 Å². The number of hydrogen-bond donors (Lipinski definition) is 1. The van der Waals surface area contributed by atoms with Gasteiger partial charge in [0.05, 0.1) is 0 Å². The summed E-state index contributed by atoms with van der Waals surface area (Å²) in [4.78, 5) is 0. The minimum absolute atomic E-state index is 0.109. The van der Waals surface area contributed by atoms with Crippen LogP contribution in [0, 0.1) is 0 Å². The Labute approximate surface area is 90.3 Å². The second-order valence-electron chi connectivity index (χ2n) is 4.66. The lowest BCUT2D eigenvalue weighted by Gasteiger charge is -2.29. The first-order valence-electron chi connectivity index (χ1n) is 5.77. The van der Waals surface area contributed by atoms with E-state index in [2.05, 4.69) is 17.1 Å². The van der Waals surface area contributed by atoms with Gasteiger partial charge in [0.15, 0.2) is 0 Å². The van der Waals surface area contributed by atoms with E-state index in [1.165, 1.54) is 19.3 Å². The predicted octanol–water partition coefficient (Wildman–Crippen LogP) is 1.79. The molecule has 0 unspecified atom stereocenters. The Kier molecular flexibility index (Phi) is 3.05. The zero-order chi connectivity index (χ0) is 10.7. The standard InChI is InChI=1S/C11H19N3O/c1-11(6-3-2-4-7-11)10-14-13-9(15-10)5-8-12/h2-8,12H2,1H3. The Bertz CT molecular complexity index is 315. The molecule has 1 heterocycles. The molecule has 4 heteroatoms. The van der Waals surface area contributed by atoms with Gasteiger partial charge in [0.25, 0.3) is 0 Å². The molecule has 1 aliphatic carbocycles. The molecule has 4 nitrogen and oxygen atoms in total. The summed E-state index contributed by atoms with van der Waals surface area (Å²) in [5.74, 6) is 1.49. The highest BCUT2D eigenvalue weighted by Gasteiger charge is 2.33. The molecule has 2 N–H and O–H groups in total. The van der Waals surface area contributed by atoms with Crippen molar-refractivity contribution in [2.24, 2.45) is 5.73 Å². The summed E-state index contributed by atoms with van der Waals surface area (Å²) < 4.78 is 5.66. The average molecular weight is 209 g/mol. The van der Waals surface area contributed by atoms with Crippen LogP contribution in [0.5, 0.6) is 0 Å². The van der Waals surface area contributed by atoms with Gasteiger partial charge in [-0.2, -0.15) is 0 Å². The fraction of sp³-hybridized carbons (Fsp3) is 0.818. The van der Waals surface area contributed by atoms with Crippen LogP contribution >= 0.6 is 0 Å². The van der Waals surface area contributed by atoms with Crippen LogP contribution in [0.15, 0.2) is 4.42 Å². The van der Waals surface area contributed by atoms with E-state index in [0.29, 0.717) is 18.9 Å². The van der Waals surface area contributed by atoms with Gasteiger partial charge in [-0.25, -0.2) is 0 Å². The van der Waals surface area contributed by atoms with E-state index in [0.717, 1.165) is 18.7 Å². The van der Waals surface area contributed by atoms with Crippen LogP contribution in [-0.2, 0) is 11.8 Å². The van der Waals surface area contributed by atoms with Gasteiger partial charge in [0.2, 0.25) is 11.8 Å². The maximum absolute atomic E-state index is 5.66. The lowest BCUT2D eigenvalue weighted by Crippen LogP contribution is -2.25. The highest BCUT2D eigenvalue weighted by Crippen LogP contribution is 2.38. The Hall–Kier alpha value is -0.900. The predicted molar refractivity (Wildman–Crippen MR) is 57.5 cm³/mol. The summed E-state index contributed by atoms with van der Waals surface area (Å²) in [5.41, 5.74) is 5.56. The lowest BCUT2D eigenvalue weighted by molar-refractivity contribution is 0.252. The highest BCUT2D eigenvalue weighted by atomic mass is 16.4. The molecule has 0 bridgehead atoms. The van der Waals surface area contributed by atoms with E-state index in [9.17, 15) is 0 Å². The number of aromatic nitrogens is 2. The van der Waals surface area contributed by atoms with Crippen molar-refractivity contribution in [2.75, 3.05) is 6.54 Å². The topological polar surface area (TPSA) is 64.9 Å². The third-order valence-electron chi connectivity index (χ3n) is 3.30. The zero-order valence-corrected chi connectivity index (χ0v) is 9.33. The fourth-order valence-corrected chi connectivity index (χ4v) is 2.27. The highest BCUT2D eigenvalue weighted by molar-refractivity contribution is 5.03. The van der Waals surface area contributed by atoms with Crippen molar-refractivity contribution < 1.29 is 4.42 Å². The Morgan fingerprint density at radius 2 is 2.00 bits per heavy atom. The quantitative estimate of drug-likeness (QED) is 0.824. The first-order chi connectivity index (χ1) is 7.24. The molecule has 0 amide bonds. The van der Waals surface area contributed by atoms with Crippen molar-refractivity contribution in [3.8, 4) is 0 Å². The Morgan fingerprint density at radius 1 is 1.27 bits per heavy atom. The van der Waals surface area contributed by atoms with E-state index >= 15 is 0 Å². The van der Waals surface area contributed by atoms with Crippen LogP contribution in [0.3, 0.4) is 0 Å². The number of nitrogens with zero attached hydrogens (tertiary/aromatic N) is 2. The molecule has 0 atom stereocenters. The van der Waals surface area contributed by atoms with Crippen LogP contribution in [0.25, 0.3) is 0 Å². The maximum Gasteiger partial charge on any atom is 0.222 e. The fourth-order valence-electron chi connectivity index (χ4n) is 2.27. The van der Waals surface area contributed by atoms with Crippen LogP contribution in [-0.4, -0.2) is 16.7 Å². The largest absolute Gasteiger partial charge is 0.425 e. The molecule has 0 radical (unpaired) electrons. The molecule has 0 saturated heterocycles. The zero-order valence-electron chi connectivity index (χ0n) is 9.33. The minimum Gasteiger partial charge on any atom is -0.425 e. The molecule has 1 aromatic heterocycles. The van der Waals surface area contributed by atoms with Gasteiger partial charge in [-0.1, -0.05) is 26.2 Å². The van der Waals surface area contributed by atoms with Gasteiger partial charge in [0.1, 0.15) is 0 Å². The van der Waals surface area contributed by atoms with Gasteiger partial charge < -0.3 is 10.2 Å². The second kappa shape index (κ2) is 4.31. The van der Waals surface area contributed by atoms with Gasteiger partial charge in [-0.3, -0.25) is 0 Å². The van der Waals surface area contributed by atoms with E-state index in [1.807, 2.05) is 0 Å². The second-order valence-corrected chi connectivity index (χ2v) is 4.66. The third kappa shape index (κ3) is 2.20. The monoisotopic (exact) mass is 209 g/mol. The molecular weight excluding hydrogens is 190 g/mol. The van der Waals surface area contributed by atoms with Gasteiger partial charge in [-0.05, 0) is 12.8 Å². The smallest absolute Gasteiger partial charge is 0.222 e. The number of nitrogens with two attached hydrogens (primary N) is 1. The number of rotatable bonds is 3. The molecule has 0 aliphatic heterocycles. The van der Waals surface area contributed by atoms with Crippen molar-refractivity contribution in [3.05, 3.63) is 11.8 Å². The molecule has 1 saturated carbocycles. The van der Waals surface area contributed by atoms with Gasteiger partial charge in [-0.15, -0.1) is 10.2 Å². The molecule has 2 rings (SSSR count). The van der Waals surface area contributed by atoms with Crippen LogP contribution in [0.4, 0.5) is 0 Å². The Morgan fingerprint density at radius 3 is 2.67 bits per heavy atom. The van der Waals surface area contributed by atoms with Crippen molar-refractivity contribution in [3.63, 3.8) is 0 Å². The van der Waals surface area contributed by atoms with E-state index in [1.54, 1.807) is 0 Å². The molecule has 0 spiro atoms. The van der Waals surface area contributed by atoms with Crippen LogP contribution in [0.2, 0.25) is 0 Å². The molecule has 1 fully saturated rings. The summed E-state index contributed by atoms with van der Waals surface area (Å²) in [6.45, 7) is 2.80. The van der Waals surface area contributed by atoms with E-state index in [4.69, 9.17) is 10.2 Å². The summed E-state index contributed by atoms with van der Waals surface area (Å²) in [6.07, 6.45) is 6.88. The molecule has 15 heavy (non-hydrogen) atoms. The minimum atomic E-state index is 0.109. The summed E-state index contributed by atoms with van der Waals surface area (Å²) in [7, 11) is 0. The summed E-state index contributed by atoms with van der Waals surface area (Å²) >= 11 is 0. The first kappa shape index (κ1) is 10.6.